The smallest absolute Gasteiger partial charge is 0.00217 e. The van der Waals surface area contributed by atoms with E-state index in [1.165, 1.54) is 35.1 Å². The van der Waals surface area contributed by atoms with E-state index in [-0.39, 0.29) is 0 Å². The first-order valence-corrected chi connectivity index (χ1v) is 9.03. The molecule has 130 valence electrons. The van der Waals surface area contributed by atoms with Gasteiger partial charge in [-0.2, -0.15) is 0 Å². The lowest BCUT2D eigenvalue weighted by Gasteiger charge is -2.16. The van der Waals surface area contributed by atoms with Crippen molar-refractivity contribution in [2.24, 2.45) is 0 Å². The largest absolute Gasteiger partial charge is 0.309 e. The zero-order valence-corrected chi connectivity index (χ0v) is 15.8. The van der Waals surface area contributed by atoms with Gasteiger partial charge in [0.05, 0.1) is 0 Å². The van der Waals surface area contributed by atoms with Crippen LogP contribution in [0, 0.1) is 0 Å². The number of hydrogen-bond donors (Lipinski definition) is 0. The van der Waals surface area contributed by atoms with Gasteiger partial charge in [0.25, 0.3) is 0 Å². The Kier molecular flexibility index (Phi) is 7.48. The maximum Gasteiger partial charge on any atom is -0.00217 e. The minimum absolute atomic E-state index is 1.14. The molecule has 0 aromatic heterocycles. The van der Waals surface area contributed by atoms with Crippen molar-refractivity contribution in [3.05, 3.63) is 59.7 Å². The summed E-state index contributed by atoms with van der Waals surface area (Å²) in [7, 11) is 8.58. The van der Waals surface area contributed by atoms with Crippen molar-refractivity contribution in [2.45, 2.75) is 25.7 Å². The predicted octanol–water partition coefficient (Wildman–Crippen LogP) is 4.34. The average Bonchev–Trinajstić information content (AvgIpc) is 2.55. The average molecular weight is 325 g/mol. The van der Waals surface area contributed by atoms with Crippen LogP contribution in [0.2, 0.25) is 0 Å². The van der Waals surface area contributed by atoms with Crippen LogP contribution in [0.5, 0.6) is 0 Å². The quantitative estimate of drug-likeness (QED) is 0.677. The lowest BCUT2D eigenvalue weighted by molar-refractivity contribution is 0.400. The third-order valence-electron chi connectivity index (χ3n) is 4.43. The molecule has 2 heteroatoms. The van der Waals surface area contributed by atoms with Gasteiger partial charge in [0.2, 0.25) is 0 Å². The first-order valence-electron chi connectivity index (χ1n) is 9.03. The van der Waals surface area contributed by atoms with Gasteiger partial charge in [0.15, 0.2) is 0 Å². The van der Waals surface area contributed by atoms with Gasteiger partial charge in [-0.05, 0) is 89.2 Å². The van der Waals surface area contributed by atoms with E-state index in [2.05, 4.69) is 86.5 Å². The molecule has 0 spiro atoms. The van der Waals surface area contributed by atoms with E-state index in [1.54, 1.807) is 0 Å². The van der Waals surface area contributed by atoms with Crippen molar-refractivity contribution >= 4 is 0 Å². The summed E-state index contributed by atoms with van der Waals surface area (Å²) in [5, 5.41) is 0. The second kappa shape index (κ2) is 9.61. The van der Waals surface area contributed by atoms with Crippen molar-refractivity contribution < 1.29 is 0 Å². The monoisotopic (exact) mass is 324 g/mol. The molecular formula is C22H32N2. The highest BCUT2D eigenvalue weighted by atomic mass is 15.0. The molecule has 0 N–H and O–H groups in total. The Morgan fingerprint density at radius 3 is 1.33 bits per heavy atom. The van der Waals surface area contributed by atoms with Gasteiger partial charge in [-0.15, -0.1) is 0 Å². The van der Waals surface area contributed by atoms with E-state index in [4.69, 9.17) is 0 Å². The summed E-state index contributed by atoms with van der Waals surface area (Å²) < 4.78 is 0. The van der Waals surface area contributed by atoms with Crippen LogP contribution in [-0.4, -0.2) is 51.1 Å². The topological polar surface area (TPSA) is 6.48 Å². The number of rotatable bonds is 9. The number of nitrogens with zero attached hydrogens (tertiary/aromatic N) is 2. The Labute approximate surface area is 148 Å². The third-order valence-corrected chi connectivity index (χ3v) is 4.43. The Morgan fingerprint density at radius 1 is 0.583 bits per heavy atom. The van der Waals surface area contributed by atoms with Crippen LogP contribution in [-0.2, 0) is 12.8 Å². The van der Waals surface area contributed by atoms with E-state index in [0.717, 1.165) is 25.9 Å². The van der Waals surface area contributed by atoms with Crippen molar-refractivity contribution in [1.82, 2.24) is 9.80 Å². The molecule has 0 aliphatic rings. The van der Waals surface area contributed by atoms with Crippen LogP contribution in [0.3, 0.4) is 0 Å². The zero-order chi connectivity index (χ0) is 17.4. The Hall–Kier alpha value is -1.64. The molecule has 2 nitrogen and oxygen atoms in total. The summed E-state index contributed by atoms with van der Waals surface area (Å²) in [5.41, 5.74) is 5.77. The predicted molar refractivity (Wildman–Crippen MR) is 106 cm³/mol. The van der Waals surface area contributed by atoms with Gasteiger partial charge in [-0.25, -0.2) is 0 Å². The minimum Gasteiger partial charge on any atom is -0.309 e. The number of benzene rings is 2. The van der Waals surface area contributed by atoms with Gasteiger partial charge in [-0.3, -0.25) is 0 Å². The molecule has 0 unspecified atom stereocenters. The first-order chi connectivity index (χ1) is 11.6. The first kappa shape index (κ1) is 18.7. The van der Waals surface area contributed by atoms with E-state index in [1.807, 2.05) is 0 Å². The lowest BCUT2D eigenvalue weighted by atomic mass is 9.91. The van der Waals surface area contributed by atoms with Crippen molar-refractivity contribution in [1.29, 1.82) is 0 Å². The molecule has 0 amide bonds. The molecule has 2 aromatic carbocycles. The lowest BCUT2D eigenvalue weighted by Crippen LogP contribution is -2.14. The Balaban J connectivity index is 2.18. The van der Waals surface area contributed by atoms with Crippen LogP contribution in [0.15, 0.2) is 48.5 Å². The fourth-order valence-electron chi connectivity index (χ4n) is 3.17. The van der Waals surface area contributed by atoms with E-state index >= 15 is 0 Å². The standard InChI is InChI=1S/C22H32N2/c1-23(2)17-9-13-19-11-5-7-15-21(19)22-16-8-6-12-20(22)14-10-18-24(3)4/h5-8,11-12,15-16H,9-10,13-14,17-18H2,1-4H3. The zero-order valence-electron chi connectivity index (χ0n) is 15.8. The van der Waals surface area contributed by atoms with Crippen molar-refractivity contribution in [3.8, 4) is 11.1 Å². The Morgan fingerprint density at radius 2 is 0.958 bits per heavy atom. The summed E-state index contributed by atoms with van der Waals surface area (Å²) >= 11 is 0. The minimum atomic E-state index is 1.14. The summed E-state index contributed by atoms with van der Waals surface area (Å²) in [6, 6.07) is 17.8. The molecule has 0 aliphatic carbocycles. The third kappa shape index (κ3) is 5.77. The van der Waals surface area contributed by atoms with Crippen LogP contribution in [0.1, 0.15) is 24.0 Å². The van der Waals surface area contributed by atoms with Gasteiger partial charge in [0.1, 0.15) is 0 Å². The molecule has 2 aromatic rings. The van der Waals surface area contributed by atoms with Crippen LogP contribution in [0.25, 0.3) is 11.1 Å². The van der Waals surface area contributed by atoms with Crippen molar-refractivity contribution in [3.63, 3.8) is 0 Å². The van der Waals surface area contributed by atoms with E-state index in [9.17, 15) is 0 Å². The molecule has 24 heavy (non-hydrogen) atoms. The maximum absolute atomic E-state index is 2.29. The van der Waals surface area contributed by atoms with Gasteiger partial charge >= 0.3 is 0 Å². The van der Waals surface area contributed by atoms with E-state index < -0.39 is 0 Å². The summed E-state index contributed by atoms with van der Waals surface area (Å²) in [5.74, 6) is 0. The van der Waals surface area contributed by atoms with Gasteiger partial charge < -0.3 is 9.80 Å². The molecule has 0 saturated carbocycles. The number of aryl methyl sites for hydroxylation is 2. The van der Waals surface area contributed by atoms with E-state index in [0.29, 0.717) is 0 Å². The maximum atomic E-state index is 2.29. The van der Waals surface area contributed by atoms with Crippen molar-refractivity contribution in [2.75, 3.05) is 41.3 Å². The second-order valence-corrected chi connectivity index (χ2v) is 7.13. The molecule has 0 radical (unpaired) electrons. The van der Waals surface area contributed by atoms with Gasteiger partial charge in [0, 0.05) is 0 Å². The Bertz CT molecular complexity index is 561. The molecule has 0 heterocycles. The summed E-state index contributed by atoms with van der Waals surface area (Å²) in [6.45, 7) is 2.28. The fraction of sp³-hybridized carbons (Fsp3) is 0.455. The molecule has 0 atom stereocenters. The fourth-order valence-corrected chi connectivity index (χ4v) is 3.17. The van der Waals surface area contributed by atoms with Crippen LogP contribution < -0.4 is 0 Å². The molecule has 2 rings (SSSR count). The number of hydrogen-bond acceptors (Lipinski definition) is 2. The van der Waals surface area contributed by atoms with Crippen LogP contribution >= 0.6 is 0 Å². The highest BCUT2D eigenvalue weighted by molar-refractivity contribution is 5.70. The van der Waals surface area contributed by atoms with Crippen LogP contribution in [0.4, 0.5) is 0 Å². The highest BCUT2D eigenvalue weighted by Gasteiger charge is 2.09. The van der Waals surface area contributed by atoms with Gasteiger partial charge in [-0.1, -0.05) is 48.5 Å². The normalized spacial score (nSPS) is 11.4. The molecule has 0 saturated heterocycles. The second-order valence-electron chi connectivity index (χ2n) is 7.13. The highest BCUT2D eigenvalue weighted by Crippen LogP contribution is 2.28. The summed E-state index contributed by atoms with van der Waals surface area (Å²) in [6.07, 6.45) is 4.68. The molecular weight excluding hydrogens is 292 g/mol. The SMILES string of the molecule is CN(C)CCCc1ccccc1-c1ccccc1CCCN(C)C. The molecule has 0 aliphatic heterocycles. The molecule has 0 bridgehead atoms. The summed E-state index contributed by atoms with van der Waals surface area (Å²) in [4.78, 5) is 4.52. The molecule has 0 fully saturated rings.